The fourth-order valence-corrected chi connectivity index (χ4v) is 5.64. The number of rotatable bonds is 6. The van der Waals surface area contributed by atoms with Gasteiger partial charge in [-0.25, -0.2) is 0 Å². The lowest BCUT2D eigenvalue weighted by atomic mass is 9.85. The number of hydrogen-bond acceptors (Lipinski definition) is 6. The van der Waals surface area contributed by atoms with E-state index in [0.29, 0.717) is 34.5 Å². The van der Waals surface area contributed by atoms with Gasteiger partial charge in [0.1, 0.15) is 29.1 Å². The number of esters is 1. The summed E-state index contributed by atoms with van der Waals surface area (Å²) in [6.45, 7) is 1.30. The van der Waals surface area contributed by atoms with Gasteiger partial charge in [0.15, 0.2) is 0 Å². The van der Waals surface area contributed by atoms with Crippen molar-refractivity contribution in [3.63, 3.8) is 0 Å². The van der Waals surface area contributed by atoms with E-state index in [9.17, 15) is 9.59 Å². The maximum atomic E-state index is 13.4. The Labute approximate surface area is 230 Å². The van der Waals surface area contributed by atoms with E-state index < -0.39 is 0 Å². The van der Waals surface area contributed by atoms with Crippen LogP contribution in [0.3, 0.4) is 0 Å². The quantitative estimate of drug-likeness (QED) is 0.185. The highest BCUT2D eigenvalue weighted by atomic mass is 16.5. The van der Waals surface area contributed by atoms with E-state index in [2.05, 4.69) is 12.1 Å². The molecule has 0 bridgehead atoms. The molecule has 0 radical (unpaired) electrons. The molecule has 6 heteroatoms. The molecular weight excluding hydrogens is 504 g/mol. The van der Waals surface area contributed by atoms with E-state index in [1.807, 2.05) is 60.7 Å². The lowest BCUT2D eigenvalue weighted by Gasteiger charge is -2.25. The van der Waals surface area contributed by atoms with Crippen LogP contribution in [0.1, 0.15) is 34.6 Å². The molecule has 3 heterocycles. The topological polar surface area (TPSA) is 75.0 Å². The maximum Gasteiger partial charge on any atom is 0.312 e. The molecule has 4 aromatic carbocycles. The first-order chi connectivity index (χ1) is 19.6. The lowest BCUT2D eigenvalue weighted by Crippen LogP contribution is -2.22. The third kappa shape index (κ3) is 4.41. The summed E-state index contributed by atoms with van der Waals surface area (Å²) in [4.78, 5) is 26.0. The van der Waals surface area contributed by atoms with Crippen molar-refractivity contribution in [2.24, 2.45) is 0 Å². The monoisotopic (exact) mass is 530 g/mol. The van der Waals surface area contributed by atoms with E-state index in [0.717, 1.165) is 42.1 Å². The summed E-state index contributed by atoms with van der Waals surface area (Å²) >= 11 is 0. The van der Waals surface area contributed by atoms with Crippen LogP contribution in [0.2, 0.25) is 0 Å². The normalized spacial score (nSPS) is 15.7. The van der Waals surface area contributed by atoms with Crippen molar-refractivity contribution >= 4 is 16.9 Å². The number of benzene rings is 4. The molecular formula is C34H26O6. The average Bonchev–Trinajstić information content (AvgIpc) is 3.46. The van der Waals surface area contributed by atoms with E-state index >= 15 is 0 Å². The summed E-state index contributed by atoms with van der Waals surface area (Å²) in [7, 11) is 0. The summed E-state index contributed by atoms with van der Waals surface area (Å²) in [5, 5.41) is 0.459. The Morgan fingerprint density at radius 1 is 0.875 bits per heavy atom. The molecule has 0 fully saturated rings. The number of carbonyl (C=O) groups is 1. The first-order valence-electron chi connectivity index (χ1n) is 13.5. The molecule has 0 spiro atoms. The largest absolute Gasteiger partial charge is 0.493 e. The molecule has 2 aliphatic rings. The summed E-state index contributed by atoms with van der Waals surface area (Å²) in [5.74, 6) is 1.53. The van der Waals surface area contributed by atoms with Gasteiger partial charge in [0.25, 0.3) is 0 Å². The Bertz CT molecular complexity index is 1790. The first kappa shape index (κ1) is 24.2. The van der Waals surface area contributed by atoms with Crippen LogP contribution in [-0.2, 0) is 17.6 Å². The van der Waals surface area contributed by atoms with E-state index in [4.69, 9.17) is 18.6 Å². The zero-order chi connectivity index (χ0) is 27.1. The van der Waals surface area contributed by atoms with E-state index in [-0.39, 0.29) is 23.7 Å². The third-order valence-corrected chi connectivity index (χ3v) is 7.66. The molecule has 6 nitrogen and oxygen atoms in total. The molecule has 40 heavy (non-hydrogen) atoms. The second-order valence-corrected chi connectivity index (χ2v) is 10.1. The summed E-state index contributed by atoms with van der Waals surface area (Å²) in [5.41, 5.74) is 5.72. The van der Waals surface area contributed by atoms with Gasteiger partial charge in [0.05, 0.1) is 30.6 Å². The fraction of sp³-hybridized carbons (Fsp3) is 0.176. The van der Waals surface area contributed by atoms with Gasteiger partial charge in [0.2, 0.25) is 5.43 Å². The summed E-state index contributed by atoms with van der Waals surface area (Å²) < 4.78 is 23.3. The van der Waals surface area contributed by atoms with Crippen LogP contribution in [0, 0.1) is 0 Å². The summed E-state index contributed by atoms with van der Waals surface area (Å²) in [6.07, 6.45) is 3.40. The Balaban J connectivity index is 1.15. The minimum atomic E-state index is -0.319. The van der Waals surface area contributed by atoms with E-state index in [1.165, 1.54) is 17.4 Å². The molecule has 0 saturated heterocycles. The van der Waals surface area contributed by atoms with Crippen LogP contribution in [0.4, 0.5) is 0 Å². The Kier molecular flexibility index (Phi) is 6.08. The fourth-order valence-electron chi connectivity index (χ4n) is 5.64. The van der Waals surface area contributed by atoms with Gasteiger partial charge < -0.3 is 18.6 Å². The number of fused-ring (bicyclic) bond motifs is 4. The Morgan fingerprint density at radius 2 is 1.70 bits per heavy atom. The van der Waals surface area contributed by atoms with Crippen molar-refractivity contribution in [3.05, 3.63) is 124 Å². The van der Waals surface area contributed by atoms with Gasteiger partial charge in [-0.2, -0.15) is 0 Å². The Hall–Kier alpha value is -4.84. The molecule has 198 valence electrons. The van der Waals surface area contributed by atoms with Gasteiger partial charge in [0, 0.05) is 24.3 Å². The highest BCUT2D eigenvalue weighted by Gasteiger charge is 2.32. The predicted molar refractivity (Wildman–Crippen MR) is 151 cm³/mol. The highest BCUT2D eigenvalue weighted by molar-refractivity contribution is 5.90. The van der Waals surface area contributed by atoms with Crippen molar-refractivity contribution in [2.75, 3.05) is 13.2 Å². The zero-order valence-corrected chi connectivity index (χ0v) is 21.7. The van der Waals surface area contributed by atoms with Crippen LogP contribution in [0.25, 0.3) is 22.1 Å². The smallest absolute Gasteiger partial charge is 0.312 e. The molecule has 0 amide bonds. The van der Waals surface area contributed by atoms with E-state index in [1.54, 1.807) is 12.1 Å². The Morgan fingerprint density at radius 3 is 2.55 bits per heavy atom. The van der Waals surface area contributed by atoms with Gasteiger partial charge in [-0.15, -0.1) is 0 Å². The molecule has 0 N–H and O–H groups in total. The number of ether oxygens (including phenoxy) is 3. The minimum Gasteiger partial charge on any atom is -0.493 e. The van der Waals surface area contributed by atoms with Crippen LogP contribution in [0.15, 0.2) is 100 Å². The van der Waals surface area contributed by atoms with Crippen LogP contribution < -0.4 is 19.6 Å². The molecule has 1 atom stereocenters. The second-order valence-electron chi connectivity index (χ2n) is 10.1. The third-order valence-electron chi connectivity index (χ3n) is 7.66. The standard InChI is InChI=1S/C34H26O6/c35-31-19-27(23-7-9-25(10-8-23)37-16-14-21-6-12-29-24(18-21)15-17-38-29)32-30(40-31)13-11-26-33(36)28(20-39-34(26)32)22-4-2-1-3-5-22/h1-13,18,20,27H,14-17,19H2/t27-/m1/s1. The van der Waals surface area contributed by atoms with Crippen molar-refractivity contribution in [1.29, 1.82) is 0 Å². The minimum absolute atomic E-state index is 0.120. The van der Waals surface area contributed by atoms with Crippen molar-refractivity contribution in [2.45, 2.75) is 25.2 Å². The molecule has 2 aliphatic heterocycles. The van der Waals surface area contributed by atoms with Gasteiger partial charge in [-0.3, -0.25) is 9.59 Å². The SMILES string of the molecule is O=C1C[C@H](c2ccc(OCCc3ccc4c(c3)CCO4)cc2)c2c(ccc3c(=O)c(-c4ccccc4)coc23)O1. The molecule has 0 unspecified atom stereocenters. The number of carbonyl (C=O) groups excluding carboxylic acids is 1. The lowest BCUT2D eigenvalue weighted by molar-refractivity contribution is -0.135. The van der Waals surface area contributed by atoms with Crippen molar-refractivity contribution < 1.29 is 23.4 Å². The van der Waals surface area contributed by atoms with Crippen molar-refractivity contribution in [3.8, 4) is 28.4 Å². The van der Waals surface area contributed by atoms with Gasteiger partial charge in [-0.05, 0) is 52.6 Å². The zero-order valence-electron chi connectivity index (χ0n) is 21.7. The van der Waals surface area contributed by atoms with Crippen LogP contribution >= 0.6 is 0 Å². The van der Waals surface area contributed by atoms with Crippen molar-refractivity contribution in [1.82, 2.24) is 0 Å². The van der Waals surface area contributed by atoms with Gasteiger partial charge in [-0.1, -0.05) is 54.6 Å². The molecule has 0 aliphatic carbocycles. The molecule has 1 aromatic heterocycles. The average molecular weight is 531 g/mol. The van der Waals surface area contributed by atoms with Gasteiger partial charge >= 0.3 is 5.97 Å². The summed E-state index contributed by atoms with van der Waals surface area (Å²) in [6, 6.07) is 26.9. The molecule has 5 aromatic rings. The first-order valence-corrected chi connectivity index (χ1v) is 13.5. The maximum absolute atomic E-state index is 13.4. The molecule has 7 rings (SSSR count). The van der Waals surface area contributed by atoms with Crippen LogP contribution in [0.5, 0.6) is 17.2 Å². The van der Waals surface area contributed by atoms with Crippen LogP contribution in [-0.4, -0.2) is 19.2 Å². The predicted octanol–water partition coefficient (Wildman–Crippen LogP) is 6.46. The second kappa shape index (κ2) is 10.0. The highest BCUT2D eigenvalue weighted by Crippen LogP contribution is 2.43. The molecule has 0 saturated carbocycles. The number of hydrogen-bond donors (Lipinski definition) is 0.